The van der Waals surface area contributed by atoms with Crippen LogP contribution in [0.2, 0.25) is 5.02 Å². The van der Waals surface area contributed by atoms with Gasteiger partial charge >= 0.3 is 0 Å². The highest BCUT2D eigenvalue weighted by Gasteiger charge is 2.25. The van der Waals surface area contributed by atoms with Crippen molar-refractivity contribution < 1.29 is 13.2 Å². The van der Waals surface area contributed by atoms with Gasteiger partial charge in [0.05, 0.1) is 4.90 Å². The second-order valence-electron chi connectivity index (χ2n) is 6.83. The highest BCUT2D eigenvalue weighted by molar-refractivity contribution is 7.92. The fourth-order valence-corrected chi connectivity index (χ4v) is 4.75. The van der Waals surface area contributed by atoms with Gasteiger partial charge in [-0.3, -0.25) is 9.52 Å². The van der Waals surface area contributed by atoms with Gasteiger partial charge < -0.3 is 4.90 Å². The number of benzene rings is 3. The van der Waals surface area contributed by atoms with E-state index in [1.807, 2.05) is 6.07 Å². The van der Waals surface area contributed by atoms with Gasteiger partial charge in [-0.15, -0.1) is 0 Å². The quantitative estimate of drug-likeness (QED) is 0.655. The second-order valence-corrected chi connectivity index (χ2v) is 8.95. The number of aryl methyl sites for hydroxylation is 1. The third kappa shape index (κ3) is 4.13. The average molecular weight is 427 g/mol. The Kier molecular flexibility index (Phi) is 5.30. The largest absolute Gasteiger partial charge is 0.308 e. The minimum absolute atomic E-state index is 0.147. The zero-order chi connectivity index (χ0) is 20.4. The molecular weight excluding hydrogens is 408 g/mol. The van der Waals surface area contributed by atoms with Crippen molar-refractivity contribution in [2.45, 2.75) is 17.7 Å². The number of hydrogen-bond acceptors (Lipinski definition) is 3. The fourth-order valence-electron chi connectivity index (χ4n) is 3.45. The second kappa shape index (κ2) is 7.89. The average Bonchev–Trinajstić information content (AvgIpc) is 2.73. The standard InChI is InChI=1S/C22H19ClN2O3S/c23-18-8-4-6-17(14-18)22(26)25-13-5-7-16-15-20(11-12-21(16)25)29(27,28)24-19-9-2-1-3-10-19/h1-4,6,8-12,14-15,24H,5,7,13H2. The molecule has 0 atom stereocenters. The predicted molar refractivity (Wildman–Crippen MR) is 115 cm³/mol. The van der Waals surface area contributed by atoms with E-state index in [9.17, 15) is 13.2 Å². The lowest BCUT2D eigenvalue weighted by Gasteiger charge is -2.30. The van der Waals surface area contributed by atoms with Crippen LogP contribution in [0.15, 0.2) is 77.7 Å². The molecule has 1 aliphatic rings. The Morgan fingerprint density at radius 3 is 2.52 bits per heavy atom. The molecule has 148 valence electrons. The van der Waals surface area contributed by atoms with Crippen molar-refractivity contribution in [3.05, 3.63) is 88.9 Å². The van der Waals surface area contributed by atoms with Crippen LogP contribution >= 0.6 is 11.6 Å². The van der Waals surface area contributed by atoms with Crippen molar-refractivity contribution in [2.75, 3.05) is 16.2 Å². The topological polar surface area (TPSA) is 66.5 Å². The molecule has 1 aliphatic heterocycles. The molecule has 0 radical (unpaired) electrons. The minimum atomic E-state index is -3.71. The lowest BCUT2D eigenvalue weighted by atomic mass is 10.0. The molecule has 1 amide bonds. The first-order chi connectivity index (χ1) is 13.9. The van der Waals surface area contributed by atoms with Crippen molar-refractivity contribution in [2.24, 2.45) is 0 Å². The number of nitrogens with one attached hydrogen (secondary N) is 1. The Morgan fingerprint density at radius 2 is 1.76 bits per heavy atom. The molecule has 0 saturated heterocycles. The summed E-state index contributed by atoms with van der Waals surface area (Å²) in [5.41, 5.74) is 2.58. The fraction of sp³-hybridized carbons (Fsp3) is 0.136. The van der Waals surface area contributed by atoms with Crippen LogP contribution < -0.4 is 9.62 Å². The minimum Gasteiger partial charge on any atom is -0.308 e. The zero-order valence-corrected chi connectivity index (χ0v) is 17.1. The van der Waals surface area contributed by atoms with Gasteiger partial charge in [0, 0.05) is 28.5 Å². The van der Waals surface area contributed by atoms with Gasteiger partial charge in [0.15, 0.2) is 0 Å². The van der Waals surface area contributed by atoms with Crippen molar-refractivity contribution >= 4 is 38.9 Å². The summed E-state index contributed by atoms with van der Waals surface area (Å²) in [5, 5.41) is 0.501. The van der Waals surface area contributed by atoms with E-state index in [1.54, 1.807) is 65.6 Å². The van der Waals surface area contributed by atoms with Gasteiger partial charge in [0.2, 0.25) is 0 Å². The van der Waals surface area contributed by atoms with Crippen LogP contribution in [0.1, 0.15) is 22.3 Å². The monoisotopic (exact) mass is 426 g/mol. The van der Waals surface area contributed by atoms with Gasteiger partial charge in [0.1, 0.15) is 0 Å². The summed E-state index contributed by atoms with van der Waals surface area (Å²) >= 11 is 6.02. The number of halogens is 1. The number of para-hydroxylation sites is 1. The van der Waals surface area contributed by atoms with Crippen LogP contribution in [-0.2, 0) is 16.4 Å². The molecule has 3 aromatic rings. The molecular formula is C22H19ClN2O3S. The normalized spacial score (nSPS) is 13.6. The van der Waals surface area contributed by atoms with E-state index in [1.165, 1.54) is 6.07 Å². The van der Waals surface area contributed by atoms with E-state index >= 15 is 0 Å². The molecule has 0 saturated carbocycles. The Morgan fingerprint density at radius 1 is 0.966 bits per heavy atom. The molecule has 29 heavy (non-hydrogen) atoms. The van der Waals surface area contributed by atoms with E-state index in [2.05, 4.69) is 4.72 Å². The highest BCUT2D eigenvalue weighted by atomic mass is 35.5. The molecule has 0 aromatic heterocycles. The number of carbonyl (C=O) groups is 1. The van der Waals surface area contributed by atoms with Gasteiger partial charge in [-0.1, -0.05) is 35.9 Å². The van der Waals surface area contributed by atoms with Crippen LogP contribution in [0.25, 0.3) is 0 Å². The summed E-state index contributed by atoms with van der Waals surface area (Å²) in [6.45, 7) is 0.576. The number of anilines is 2. The van der Waals surface area contributed by atoms with Crippen LogP contribution in [0.3, 0.4) is 0 Å². The molecule has 0 bridgehead atoms. The summed E-state index contributed by atoms with van der Waals surface area (Å²) < 4.78 is 28.1. The maximum Gasteiger partial charge on any atom is 0.261 e. The molecule has 5 nitrogen and oxygen atoms in total. The lowest BCUT2D eigenvalue weighted by molar-refractivity contribution is 0.0985. The predicted octanol–water partition coefficient (Wildman–Crippen LogP) is 4.73. The Labute approximate surface area is 175 Å². The van der Waals surface area contributed by atoms with E-state index < -0.39 is 10.0 Å². The van der Waals surface area contributed by atoms with Crippen molar-refractivity contribution in [3.8, 4) is 0 Å². The SMILES string of the molecule is O=C(c1cccc(Cl)c1)N1CCCc2cc(S(=O)(=O)Nc3ccccc3)ccc21. The van der Waals surface area contributed by atoms with Gasteiger partial charge in [-0.2, -0.15) is 0 Å². The third-order valence-corrected chi connectivity index (χ3v) is 6.44. The van der Waals surface area contributed by atoms with E-state index in [0.29, 0.717) is 29.2 Å². The van der Waals surface area contributed by atoms with Gasteiger partial charge in [0.25, 0.3) is 15.9 Å². The molecule has 0 aliphatic carbocycles. The first-order valence-electron chi connectivity index (χ1n) is 9.22. The lowest BCUT2D eigenvalue weighted by Crippen LogP contribution is -2.35. The molecule has 1 heterocycles. The van der Waals surface area contributed by atoms with Crippen LogP contribution in [0.4, 0.5) is 11.4 Å². The Balaban J connectivity index is 1.64. The molecule has 7 heteroatoms. The molecule has 0 unspecified atom stereocenters. The molecule has 3 aromatic carbocycles. The number of nitrogens with zero attached hydrogens (tertiary/aromatic N) is 1. The number of carbonyl (C=O) groups excluding carboxylic acids is 1. The van der Waals surface area contributed by atoms with Gasteiger partial charge in [-0.05, 0) is 66.9 Å². The number of sulfonamides is 1. The van der Waals surface area contributed by atoms with Crippen LogP contribution in [-0.4, -0.2) is 20.9 Å². The number of rotatable bonds is 4. The van der Waals surface area contributed by atoms with Crippen molar-refractivity contribution in [1.82, 2.24) is 0 Å². The summed E-state index contributed by atoms with van der Waals surface area (Å²) in [6, 6.07) is 20.5. The smallest absolute Gasteiger partial charge is 0.261 e. The summed E-state index contributed by atoms with van der Waals surface area (Å²) in [6.07, 6.45) is 1.47. The zero-order valence-electron chi connectivity index (χ0n) is 15.5. The molecule has 0 spiro atoms. The van der Waals surface area contributed by atoms with E-state index in [4.69, 9.17) is 11.6 Å². The Bertz CT molecular complexity index is 1160. The van der Waals surface area contributed by atoms with E-state index in [-0.39, 0.29) is 10.8 Å². The maximum absolute atomic E-state index is 13.0. The van der Waals surface area contributed by atoms with Crippen molar-refractivity contribution in [3.63, 3.8) is 0 Å². The van der Waals surface area contributed by atoms with E-state index in [0.717, 1.165) is 17.7 Å². The van der Waals surface area contributed by atoms with Crippen LogP contribution in [0.5, 0.6) is 0 Å². The van der Waals surface area contributed by atoms with Gasteiger partial charge in [-0.25, -0.2) is 8.42 Å². The Hall–Kier alpha value is -2.83. The number of amides is 1. The first-order valence-corrected chi connectivity index (χ1v) is 11.1. The number of fused-ring (bicyclic) bond motifs is 1. The third-order valence-electron chi connectivity index (χ3n) is 4.82. The first kappa shape index (κ1) is 19.5. The molecule has 4 rings (SSSR count). The van der Waals surface area contributed by atoms with Crippen LogP contribution in [0, 0.1) is 0 Å². The summed E-state index contributed by atoms with van der Waals surface area (Å²) in [7, 11) is -3.71. The number of hydrogen-bond donors (Lipinski definition) is 1. The van der Waals surface area contributed by atoms with Crippen molar-refractivity contribution in [1.29, 1.82) is 0 Å². The summed E-state index contributed by atoms with van der Waals surface area (Å²) in [4.78, 5) is 14.8. The molecule has 1 N–H and O–H groups in total. The molecule has 0 fully saturated rings. The highest BCUT2D eigenvalue weighted by Crippen LogP contribution is 2.31. The maximum atomic E-state index is 13.0. The summed E-state index contributed by atoms with van der Waals surface area (Å²) in [5.74, 6) is -0.147.